The van der Waals surface area contributed by atoms with Gasteiger partial charge in [0.15, 0.2) is 0 Å². The Kier molecular flexibility index (Phi) is 5.70. The minimum atomic E-state index is -0.137. The Bertz CT molecular complexity index is 1040. The molecule has 4 heterocycles. The number of hydrogen-bond donors (Lipinski definition) is 0. The molecule has 0 aromatic carbocycles. The molecule has 156 valence electrons. The molecule has 4 rings (SSSR count). The summed E-state index contributed by atoms with van der Waals surface area (Å²) in [6.45, 7) is 11.1. The first-order valence-corrected chi connectivity index (χ1v) is 10.3. The molecule has 1 saturated heterocycles. The predicted octanol–water partition coefficient (Wildman–Crippen LogP) is 3.27. The van der Waals surface area contributed by atoms with Gasteiger partial charge in [0.05, 0.1) is 30.4 Å². The number of carbonyl (C=O) groups is 1. The van der Waals surface area contributed by atoms with Gasteiger partial charge < -0.3 is 14.5 Å². The second kappa shape index (κ2) is 8.57. The summed E-state index contributed by atoms with van der Waals surface area (Å²) in [7, 11) is 0. The number of nitrogens with zero attached hydrogens (tertiary/aromatic N) is 5. The zero-order valence-corrected chi connectivity index (χ0v) is 17.5. The number of ether oxygens (including phenoxy) is 1. The molecule has 0 bridgehead atoms. The Hall–Kier alpha value is -3.35. The van der Waals surface area contributed by atoms with Crippen LogP contribution in [0, 0.1) is 5.92 Å². The van der Waals surface area contributed by atoms with Crippen molar-refractivity contribution in [1.29, 1.82) is 0 Å². The highest BCUT2D eigenvalue weighted by atomic mass is 16.5. The van der Waals surface area contributed by atoms with Gasteiger partial charge in [-0.25, -0.2) is 9.50 Å². The number of aromatic nitrogens is 3. The Morgan fingerprint density at radius 2 is 2.07 bits per heavy atom. The highest BCUT2D eigenvalue weighted by molar-refractivity contribution is 5.81. The van der Waals surface area contributed by atoms with Gasteiger partial charge in [-0.2, -0.15) is 5.10 Å². The lowest BCUT2D eigenvalue weighted by atomic mass is 10.1. The fourth-order valence-corrected chi connectivity index (χ4v) is 3.76. The maximum Gasteiger partial charge on any atom is 0.229 e. The van der Waals surface area contributed by atoms with Gasteiger partial charge in [0.1, 0.15) is 11.6 Å². The van der Waals surface area contributed by atoms with Crippen LogP contribution in [0.5, 0.6) is 5.75 Å². The Morgan fingerprint density at radius 3 is 2.73 bits per heavy atom. The van der Waals surface area contributed by atoms with Gasteiger partial charge in [-0.15, -0.1) is 6.58 Å². The van der Waals surface area contributed by atoms with Crippen molar-refractivity contribution in [3.63, 3.8) is 0 Å². The van der Waals surface area contributed by atoms with Crippen LogP contribution in [-0.4, -0.2) is 58.2 Å². The number of piperazine rings is 1. The van der Waals surface area contributed by atoms with E-state index in [2.05, 4.69) is 22.6 Å². The van der Waals surface area contributed by atoms with E-state index < -0.39 is 0 Å². The molecule has 1 atom stereocenters. The van der Waals surface area contributed by atoms with E-state index in [1.165, 1.54) is 0 Å². The SMILES string of the molecule is C=CC(C)C(=O)N1CCN(c2ccc(-c3cc(OCC)cn4nccc34)cn2)CC1. The molecule has 30 heavy (non-hydrogen) atoms. The zero-order chi connectivity index (χ0) is 21.1. The molecule has 1 unspecified atom stereocenters. The number of amides is 1. The largest absolute Gasteiger partial charge is 0.492 e. The average Bonchev–Trinajstić information content (AvgIpc) is 3.27. The van der Waals surface area contributed by atoms with E-state index in [0.717, 1.165) is 41.3 Å². The van der Waals surface area contributed by atoms with E-state index in [1.54, 1.807) is 12.3 Å². The molecule has 3 aromatic heterocycles. The zero-order valence-electron chi connectivity index (χ0n) is 17.5. The van der Waals surface area contributed by atoms with Gasteiger partial charge >= 0.3 is 0 Å². The number of pyridine rings is 2. The van der Waals surface area contributed by atoms with Crippen molar-refractivity contribution < 1.29 is 9.53 Å². The van der Waals surface area contributed by atoms with E-state index >= 15 is 0 Å². The fraction of sp³-hybridized carbons (Fsp3) is 0.348. The van der Waals surface area contributed by atoms with Gasteiger partial charge in [-0.3, -0.25) is 4.79 Å². The third-order valence-corrected chi connectivity index (χ3v) is 5.51. The molecule has 7 nitrogen and oxygen atoms in total. The first-order valence-electron chi connectivity index (χ1n) is 10.3. The van der Waals surface area contributed by atoms with Crippen LogP contribution in [0.25, 0.3) is 16.6 Å². The van der Waals surface area contributed by atoms with Gasteiger partial charge in [0.25, 0.3) is 0 Å². The van der Waals surface area contributed by atoms with Crippen molar-refractivity contribution in [2.75, 3.05) is 37.7 Å². The van der Waals surface area contributed by atoms with Crippen LogP contribution in [-0.2, 0) is 4.79 Å². The molecule has 7 heteroatoms. The summed E-state index contributed by atoms with van der Waals surface area (Å²) in [5.41, 5.74) is 3.06. The van der Waals surface area contributed by atoms with Crippen molar-refractivity contribution in [1.82, 2.24) is 19.5 Å². The molecule has 3 aromatic rings. The molecular formula is C23H27N5O2. The molecule has 1 aliphatic heterocycles. The molecule has 0 spiro atoms. The Balaban J connectivity index is 1.51. The summed E-state index contributed by atoms with van der Waals surface area (Å²) in [5.74, 6) is 1.71. The van der Waals surface area contributed by atoms with E-state index in [4.69, 9.17) is 9.72 Å². The summed E-state index contributed by atoms with van der Waals surface area (Å²) in [6.07, 6.45) is 7.26. The van der Waals surface area contributed by atoms with Gasteiger partial charge in [-0.05, 0) is 31.2 Å². The third kappa shape index (κ3) is 3.87. The number of fused-ring (bicyclic) bond motifs is 1. The van der Waals surface area contributed by atoms with Crippen molar-refractivity contribution in [3.8, 4) is 16.9 Å². The van der Waals surface area contributed by atoms with Crippen LogP contribution in [0.4, 0.5) is 5.82 Å². The molecule has 1 amide bonds. The number of hydrogen-bond acceptors (Lipinski definition) is 5. The highest BCUT2D eigenvalue weighted by Crippen LogP contribution is 2.29. The van der Waals surface area contributed by atoms with Crippen molar-refractivity contribution in [3.05, 3.63) is 55.5 Å². The summed E-state index contributed by atoms with van der Waals surface area (Å²) < 4.78 is 7.52. The third-order valence-electron chi connectivity index (χ3n) is 5.51. The van der Waals surface area contributed by atoms with Crippen molar-refractivity contribution in [2.24, 2.45) is 5.92 Å². The first kappa shape index (κ1) is 19.9. The molecule has 1 fully saturated rings. The van der Waals surface area contributed by atoms with E-state index in [9.17, 15) is 4.79 Å². The number of rotatable bonds is 6. The lowest BCUT2D eigenvalue weighted by Gasteiger charge is -2.36. The minimum absolute atomic E-state index is 0.137. The summed E-state index contributed by atoms with van der Waals surface area (Å²) in [4.78, 5) is 21.2. The van der Waals surface area contributed by atoms with Crippen molar-refractivity contribution in [2.45, 2.75) is 13.8 Å². The van der Waals surface area contributed by atoms with E-state index in [-0.39, 0.29) is 11.8 Å². The maximum absolute atomic E-state index is 12.3. The van der Waals surface area contributed by atoms with Crippen LogP contribution in [0.2, 0.25) is 0 Å². The maximum atomic E-state index is 12.3. The number of carbonyl (C=O) groups excluding carboxylic acids is 1. The van der Waals surface area contributed by atoms with Gasteiger partial charge in [0, 0.05) is 43.5 Å². The highest BCUT2D eigenvalue weighted by Gasteiger charge is 2.24. The average molecular weight is 406 g/mol. The summed E-state index contributed by atoms with van der Waals surface area (Å²) in [5, 5.41) is 4.35. The molecule has 1 aliphatic rings. The fourth-order valence-electron chi connectivity index (χ4n) is 3.76. The van der Waals surface area contributed by atoms with Crippen LogP contribution in [0.15, 0.2) is 55.5 Å². The first-order chi connectivity index (χ1) is 14.6. The lowest BCUT2D eigenvalue weighted by Crippen LogP contribution is -2.50. The molecule has 0 radical (unpaired) electrons. The van der Waals surface area contributed by atoms with Gasteiger partial charge in [-0.1, -0.05) is 13.0 Å². The van der Waals surface area contributed by atoms with Crippen LogP contribution < -0.4 is 9.64 Å². The quantitative estimate of drug-likeness (QED) is 0.589. The summed E-state index contributed by atoms with van der Waals surface area (Å²) >= 11 is 0. The molecule has 0 aliphatic carbocycles. The Labute approximate surface area is 176 Å². The number of anilines is 1. The topological polar surface area (TPSA) is 63.0 Å². The Morgan fingerprint density at radius 1 is 1.27 bits per heavy atom. The monoisotopic (exact) mass is 405 g/mol. The second-order valence-corrected chi connectivity index (χ2v) is 7.43. The summed E-state index contributed by atoms with van der Waals surface area (Å²) in [6, 6.07) is 8.14. The van der Waals surface area contributed by atoms with Gasteiger partial charge in [0.2, 0.25) is 5.91 Å². The van der Waals surface area contributed by atoms with E-state index in [0.29, 0.717) is 19.7 Å². The van der Waals surface area contributed by atoms with E-state index in [1.807, 2.05) is 53.9 Å². The minimum Gasteiger partial charge on any atom is -0.492 e. The molecular weight excluding hydrogens is 378 g/mol. The second-order valence-electron chi connectivity index (χ2n) is 7.43. The van der Waals surface area contributed by atoms with Crippen LogP contribution in [0.3, 0.4) is 0 Å². The predicted molar refractivity (Wildman–Crippen MR) is 118 cm³/mol. The lowest BCUT2D eigenvalue weighted by molar-refractivity contribution is -0.133. The smallest absolute Gasteiger partial charge is 0.229 e. The van der Waals surface area contributed by atoms with Crippen LogP contribution in [0.1, 0.15) is 13.8 Å². The molecule has 0 N–H and O–H groups in total. The molecule has 0 saturated carbocycles. The standard InChI is InChI=1S/C23H27N5O2/c1-4-17(3)23(29)27-12-10-26(11-13-27)22-7-6-18(15-24-22)20-14-19(30-5-2)16-28-21(20)8-9-25-28/h4,6-9,14-17H,1,5,10-13H2,2-3H3. The van der Waals surface area contributed by atoms with Crippen LogP contribution >= 0.6 is 0 Å². The van der Waals surface area contributed by atoms with Crippen molar-refractivity contribution >= 4 is 17.2 Å². The normalized spacial score (nSPS) is 15.3.